The number of halogens is 4. The van der Waals surface area contributed by atoms with Crippen LogP contribution in [0, 0.1) is 17.5 Å². The molecule has 168 valence electrons. The first-order valence-corrected chi connectivity index (χ1v) is 11.3. The van der Waals surface area contributed by atoms with E-state index >= 15 is 0 Å². The number of ether oxygens (including phenoxy) is 1. The largest absolute Gasteiger partial charge is 0.491 e. The Labute approximate surface area is 183 Å². The van der Waals surface area contributed by atoms with Gasteiger partial charge in [-0.3, -0.25) is 4.79 Å². The van der Waals surface area contributed by atoms with Gasteiger partial charge in [0.25, 0.3) is 0 Å². The molecule has 1 aliphatic heterocycles. The van der Waals surface area contributed by atoms with E-state index in [1.54, 1.807) is 4.90 Å². The quantitative estimate of drug-likeness (QED) is 0.574. The van der Waals surface area contributed by atoms with Crippen molar-refractivity contribution in [3.8, 4) is 5.75 Å². The van der Waals surface area contributed by atoms with E-state index in [-0.39, 0.29) is 60.8 Å². The minimum atomic E-state index is -3.85. The first kappa shape index (κ1) is 23.4. The van der Waals surface area contributed by atoms with Gasteiger partial charge in [-0.15, -0.1) is 0 Å². The van der Waals surface area contributed by atoms with Crippen LogP contribution in [-0.4, -0.2) is 56.3 Å². The maximum atomic E-state index is 13.5. The molecule has 0 aromatic heterocycles. The van der Waals surface area contributed by atoms with Crippen LogP contribution in [0.3, 0.4) is 0 Å². The van der Waals surface area contributed by atoms with Crippen LogP contribution < -0.4 is 4.74 Å². The lowest BCUT2D eigenvalue weighted by Crippen LogP contribution is -2.50. The summed E-state index contributed by atoms with van der Waals surface area (Å²) in [7, 11) is -3.85. The number of sulfonamides is 1. The summed E-state index contributed by atoms with van der Waals surface area (Å²) in [5.41, 5.74) is 0. The predicted molar refractivity (Wildman–Crippen MR) is 108 cm³/mol. The summed E-state index contributed by atoms with van der Waals surface area (Å²) in [5.74, 6) is -2.49. The number of piperazine rings is 1. The lowest BCUT2D eigenvalue weighted by molar-refractivity contribution is -0.132. The fourth-order valence-corrected chi connectivity index (χ4v) is 4.81. The molecule has 11 heteroatoms. The van der Waals surface area contributed by atoms with Crippen LogP contribution in [0.5, 0.6) is 5.75 Å². The molecular formula is C20H20ClF3N2O4S. The van der Waals surface area contributed by atoms with Crippen molar-refractivity contribution in [2.24, 2.45) is 0 Å². The monoisotopic (exact) mass is 476 g/mol. The van der Waals surface area contributed by atoms with Crippen LogP contribution in [-0.2, 0) is 14.8 Å². The number of carbonyl (C=O) groups excluding carboxylic acids is 1. The molecule has 0 aliphatic carbocycles. The van der Waals surface area contributed by atoms with E-state index in [4.69, 9.17) is 16.3 Å². The number of amides is 1. The topological polar surface area (TPSA) is 66.9 Å². The van der Waals surface area contributed by atoms with Crippen LogP contribution in [0.1, 0.15) is 12.8 Å². The number of carbonyl (C=O) groups is 1. The van der Waals surface area contributed by atoms with Gasteiger partial charge in [0.1, 0.15) is 11.6 Å². The van der Waals surface area contributed by atoms with Gasteiger partial charge < -0.3 is 9.64 Å². The van der Waals surface area contributed by atoms with Crippen LogP contribution >= 0.6 is 11.6 Å². The van der Waals surface area contributed by atoms with E-state index in [1.165, 1.54) is 10.4 Å². The molecule has 0 N–H and O–H groups in total. The maximum Gasteiger partial charge on any atom is 0.243 e. The minimum absolute atomic E-state index is 0.0773. The normalized spacial score (nSPS) is 15.2. The zero-order chi connectivity index (χ0) is 22.6. The van der Waals surface area contributed by atoms with Crippen LogP contribution in [0.25, 0.3) is 0 Å². The Balaban J connectivity index is 1.46. The van der Waals surface area contributed by atoms with Gasteiger partial charge >= 0.3 is 0 Å². The van der Waals surface area contributed by atoms with E-state index < -0.39 is 27.5 Å². The third kappa shape index (κ3) is 5.69. The molecule has 1 amide bonds. The van der Waals surface area contributed by atoms with Crippen molar-refractivity contribution in [3.63, 3.8) is 0 Å². The van der Waals surface area contributed by atoms with Gasteiger partial charge in [0.15, 0.2) is 11.6 Å². The van der Waals surface area contributed by atoms with Gasteiger partial charge in [0.05, 0.1) is 16.5 Å². The Hall–Kier alpha value is -2.30. The SMILES string of the molecule is O=C(CCCOc1ccc(F)cc1F)N1CCN(S(=O)(=O)c2ccc(F)c(Cl)c2)CC1. The van der Waals surface area contributed by atoms with Crippen LogP contribution in [0.4, 0.5) is 13.2 Å². The van der Waals surface area contributed by atoms with Crippen molar-refractivity contribution in [1.29, 1.82) is 0 Å². The molecule has 0 radical (unpaired) electrons. The van der Waals surface area contributed by atoms with Crippen LogP contribution in [0.15, 0.2) is 41.3 Å². The second-order valence-electron chi connectivity index (χ2n) is 6.89. The molecule has 0 saturated carbocycles. The zero-order valence-electron chi connectivity index (χ0n) is 16.4. The Morgan fingerprint density at radius 3 is 2.35 bits per heavy atom. The highest BCUT2D eigenvalue weighted by atomic mass is 35.5. The second kappa shape index (κ2) is 9.88. The first-order chi connectivity index (χ1) is 14.7. The van der Waals surface area contributed by atoms with Crippen molar-refractivity contribution in [3.05, 3.63) is 58.9 Å². The summed E-state index contributed by atoms with van der Waals surface area (Å²) in [5, 5.41) is -0.280. The van der Waals surface area contributed by atoms with Crippen LogP contribution in [0.2, 0.25) is 5.02 Å². The van der Waals surface area contributed by atoms with Gasteiger partial charge in [-0.25, -0.2) is 21.6 Å². The van der Waals surface area contributed by atoms with Crippen molar-refractivity contribution in [2.45, 2.75) is 17.7 Å². The standard InChI is InChI=1S/C20H20ClF3N2O4S/c21-16-13-15(4-5-17(16)23)31(28,29)26-9-7-25(8-10-26)20(27)2-1-11-30-19-6-3-14(22)12-18(19)24/h3-6,12-13H,1-2,7-11H2. The molecule has 1 fully saturated rings. The number of nitrogens with zero attached hydrogens (tertiary/aromatic N) is 2. The molecule has 0 bridgehead atoms. The smallest absolute Gasteiger partial charge is 0.243 e. The van der Waals surface area contributed by atoms with Gasteiger partial charge in [-0.1, -0.05) is 11.6 Å². The number of rotatable bonds is 7. The molecule has 0 atom stereocenters. The summed E-state index contributed by atoms with van der Waals surface area (Å²) < 4.78 is 71.5. The van der Waals surface area contributed by atoms with E-state index in [9.17, 15) is 26.4 Å². The molecule has 2 aromatic rings. The average Bonchev–Trinajstić information content (AvgIpc) is 2.74. The molecule has 0 spiro atoms. The molecule has 6 nitrogen and oxygen atoms in total. The average molecular weight is 477 g/mol. The van der Waals surface area contributed by atoms with Crippen molar-refractivity contribution < 1.29 is 31.1 Å². The second-order valence-corrected chi connectivity index (χ2v) is 9.23. The fourth-order valence-electron chi connectivity index (χ4n) is 3.12. The Morgan fingerprint density at radius 1 is 1.00 bits per heavy atom. The lowest BCUT2D eigenvalue weighted by Gasteiger charge is -2.34. The highest BCUT2D eigenvalue weighted by molar-refractivity contribution is 7.89. The Kier molecular flexibility index (Phi) is 7.45. The predicted octanol–water partition coefficient (Wildman–Crippen LogP) is 3.45. The van der Waals surface area contributed by atoms with E-state index in [1.807, 2.05) is 0 Å². The molecule has 0 unspecified atom stereocenters. The Morgan fingerprint density at radius 2 is 1.71 bits per heavy atom. The van der Waals surface area contributed by atoms with Crippen molar-refractivity contribution in [2.75, 3.05) is 32.8 Å². The Bertz CT molecular complexity index is 1060. The summed E-state index contributed by atoms with van der Waals surface area (Å²) in [4.78, 5) is 13.8. The third-order valence-corrected chi connectivity index (χ3v) is 6.99. The number of hydrogen-bond donors (Lipinski definition) is 0. The van der Waals surface area contributed by atoms with E-state index in [0.29, 0.717) is 12.5 Å². The zero-order valence-corrected chi connectivity index (χ0v) is 17.9. The highest BCUT2D eigenvalue weighted by Gasteiger charge is 2.30. The van der Waals surface area contributed by atoms with Gasteiger partial charge in [0.2, 0.25) is 15.9 Å². The van der Waals surface area contributed by atoms with E-state index in [2.05, 4.69) is 0 Å². The molecule has 1 aliphatic rings. The lowest BCUT2D eigenvalue weighted by atomic mass is 10.2. The third-order valence-electron chi connectivity index (χ3n) is 4.81. The van der Waals surface area contributed by atoms with E-state index in [0.717, 1.165) is 24.3 Å². The highest BCUT2D eigenvalue weighted by Crippen LogP contribution is 2.23. The van der Waals surface area contributed by atoms with Crippen molar-refractivity contribution >= 4 is 27.5 Å². The van der Waals surface area contributed by atoms with Gasteiger partial charge in [0, 0.05) is 38.7 Å². The molecule has 3 rings (SSSR count). The summed E-state index contributed by atoms with van der Waals surface area (Å²) in [6.45, 7) is 0.690. The molecular weight excluding hydrogens is 457 g/mol. The number of benzene rings is 2. The summed E-state index contributed by atoms with van der Waals surface area (Å²) >= 11 is 5.68. The molecule has 1 heterocycles. The molecule has 2 aromatic carbocycles. The number of hydrogen-bond acceptors (Lipinski definition) is 4. The van der Waals surface area contributed by atoms with Gasteiger partial charge in [-0.05, 0) is 36.8 Å². The minimum Gasteiger partial charge on any atom is -0.491 e. The molecule has 1 saturated heterocycles. The summed E-state index contributed by atoms with van der Waals surface area (Å²) in [6.07, 6.45) is 0.464. The summed E-state index contributed by atoms with van der Waals surface area (Å²) in [6, 6.07) is 6.19. The maximum absolute atomic E-state index is 13.5. The first-order valence-electron chi connectivity index (χ1n) is 9.49. The van der Waals surface area contributed by atoms with Gasteiger partial charge in [-0.2, -0.15) is 4.31 Å². The fraction of sp³-hybridized carbons (Fsp3) is 0.350. The molecule has 31 heavy (non-hydrogen) atoms. The van der Waals surface area contributed by atoms with Crippen molar-refractivity contribution in [1.82, 2.24) is 9.21 Å².